The fourth-order valence-electron chi connectivity index (χ4n) is 3.40. The molecular weight excluding hydrogens is 378 g/mol. The molecule has 0 saturated heterocycles. The molecule has 150 valence electrons. The molecule has 0 bridgehead atoms. The third-order valence-electron chi connectivity index (χ3n) is 4.83. The maximum Gasteiger partial charge on any atom is 0.513 e. The molecule has 2 aromatic carbocycles. The Hall–Kier alpha value is -3.68. The molecule has 2 N–H and O–H groups in total. The summed E-state index contributed by atoms with van der Waals surface area (Å²) in [6, 6.07) is 10.6. The van der Waals surface area contributed by atoms with E-state index in [9.17, 15) is 24.3 Å². The molecule has 0 unspecified atom stereocenters. The van der Waals surface area contributed by atoms with Gasteiger partial charge in [0.2, 0.25) is 11.6 Å². The summed E-state index contributed by atoms with van der Waals surface area (Å²) in [7, 11) is 1.11. The number of fused-ring (bicyclic) bond motifs is 1. The average molecular weight is 397 g/mol. The van der Waals surface area contributed by atoms with Gasteiger partial charge < -0.3 is 14.6 Å². The highest BCUT2D eigenvalue weighted by molar-refractivity contribution is 6.33. The number of carbonyl (C=O) groups excluding carboxylic acids is 3. The maximum atomic E-state index is 13.3. The van der Waals surface area contributed by atoms with Crippen molar-refractivity contribution in [2.45, 2.75) is 25.3 Å². The van der Waals surface area contributed by atoms with Gasteiger partial charge in [-0.1, -0.05) is 50.2 Å². The van der Waals surface area contributed by atoms with E-state index in [1.165, 1.54) is 24.3 Å². The molecule has 0 aliphatic heterocycles. The van der Waals surface area contributed by atoms with Crippen molar-refractivity contribution in [1.82, 2.24) is 5.32 Å². The molecule has 0 fully saturated rings. The largest absolute Gasteiger partial charge is 0.513 e. The highest BCUT2D eigenvalue weighted by Crippen LogP contribution is 2.42. The summed E-state index contributed by atoms with van der Waals surface area (Å²) in [5.74, 6) is -1.58. The Morgan fingerprint density at radius 2 is 1.62 bits per heavy atom. The molecule has 0 saturated carbocycles. The lowest BCUT2D eigenvalue weighted by molar-refractivity contribution is 0.0737. The number of rotatable bonds is 4. The van der Waals surface area contributed by atoms with Crippen molar-refractivity contribution >= 4 is 23.8 Å². The van der Waals surface area contributed by atoms with E-state index < -0.39 is 29.4 Å². The molecule has 8 nitrogen and oxygen atoms in total. The predicted molar refractivity (Wildman–Crippen MR) is 102 cm³/mol. The monoisotopic (exact) mass is 397 g/mol. The van der Waals surface area contributed by atoms with E-state index in [0.717, 1.165) is 12.7 Å². The third kappa shape index (κ3) is 3.22. The minimum Gasteiger partial charge on any atom is -0.465 e. The van der Waals surface area contributed by atoms with Crippen molar-refractivity contribution in [3.8, 4) is 5.75 Å². The van der Waals surface area contributed by atoms with Crippen LogP contribution in [0.3, 0.4) is 0 Å². The van der Waals surface area contributed by atoms with Gasteiger partial charge in [-0.05, 0) is 17.5 Å². The second kappa shape index (κ2) is 7.38. The van der Waals surface area contributed by atoms with Crippen molar-refractivity contribution in [3.05, 3.63) is 64.7 Å². The van der Waals surface area contributed by atoms with Crippen LogP contribution in [0.1, 0.15) is 51.6 Å². The zero-order valence-corrected chi connectivity index (χ0v) is 16.0. The fraction of sp³-hybridized carbons (Fsp3) is 0.238. The van der Waals surface area contributed by atoms with Crippen LogP contribution in [0.4, 0.5) is 9.59 Å². The first kappa shape index (κ1) is 20.1. The zero-order valence-electron chi connectivity index (χ0n) is 16.0. The summed E-state index contributed by atoms with van der Waals surface area (Å²) >= 11 is 0. The van der Waals surface area contributed by atoms with E-state index in [-0.39, 0.29) is 28.4 Å². The van der Waals surface area contributed by atoms with E-state index in [0.29, 0.717) is 0 Å². The van der Waals surface area contributed by atoms with Crippen molar-refractivity contribution in [3.63, 3.8) is 0 Å². The number of benzene rings is 2. The Morgan fingerprint density at radius 1 is 1.03 bits per heavy atom. The van der Waals surface area contributed by atoms with E-state index >= 15 is 0 Å². The van der Waals surface area contributed by atoms with Gasteiger partial charge in [0.05, 0.1) is 7.11 Å². The summed E-state index contributed by atoms with van der Waals surface area (Å²) in [4.78, 5) is 49.9. The fourth-order valence-corrected chi connectivity index (χ4v) is 3.40. The van der Waals surface area contributed by atoms with E-state index in [4.69, 9.17) is 4.74 Å². The minimum absolute atomic E-state index is 0.0413. The summed E-state index contributed by atoms with van der Waals surface area (Å²) in [5, 5.41) is 11.5. The molecule has 1 aliphatic rings. The molecule has 1 aliphatic carbocycles. The first-order valence-electron chi connectivity index (χ1n) is 8.82. The van der Waals surface area contributed by atoms with Crippen LogP contribution in [0.15, 0.2) is 42.5 Å². The van der Waals surface area contributed by atoms with Crippen molar-refractivity contribution in [2.75, 3.05) is 7.11 Å². The van der Waals surface area contributed by atoms with Gasteiger partial charge in [-0.2, -0.15) is 0 Å². The number of carbonyl (C=O) groups is 4. The Morgan fingerprint density at radius 3 is 2.10 bits per heavy atom. The van der Waals surface area contributed by atoms with Gasteiger partial charge in [0.1, 0.15) is 5.75 Å². The summed E-state index contributed by atoms with van der Waals surface area (Å²) in [6.45, 7) is 3.81. The van der Waals surface area contributed by atoms with Crippen LogP contribution in [0.5, 0.6) is 5.75 Å². The van der Waals surface area contributed by atoms with E-state index in [2.05, 4.69) is 10.1 Å². The quantitative estimate of drug-likeness (QED) is 0.460. The lowest BCUT2D eigenvalue weighted by Gasteiger charge is -2.28. The van der Waals surface area contributed by atoms with Crippen LogP contribution in [-0.4, -0.2) is 36.0 Å². The number of hydrogen-bond acceptors (Lipinski definition) is 6. The molecule has 1 amide bonds. The van der Waals surface area contributed by atoms with Gasteiger partial charge in [0.25, 0.3) is 0 Å². The number of nitrogens with one attached hydrogen (secondary N) is 1. The van der Waals surface area contributed by atoms with Gasteiger partial charge in [-0.25, -0.2) is 9.59 Å². The van der Waals surface area contributed by atoms with Crippen molar-refractivity contribution in [2.24, 2.45) is 0 Å². The van der Waals surface area contributed by atoms with Gasteiger partial charge in [0, 0.05) is 16.7 Å². The van der Waals surface area contributed by atoms with Crippen LogP contribution in [-0.2, 0) is 10.3 Å². The Balaban J connectivity index is 2.29. The van der Waals surface area contributed by atoms with Crippen LogP contribution in [0, 0.1) is 0 Å². The van der Waals surface area contributed by atoms with Crippen LogP contribution < -0.4 is 10.1 Å². The second-order valence-corrected chi connectivity index (χ2v) is 6.85. The van der Waals surface area contributed by atoms with Gasteiger partial charge in [0.15, 0.2) is 5.54 Å². The van der Waals surface area contributed by atoms with E-state index in [1.54, 1.807) is 18.2 Å². The highest BCUT2D eigenvalue weighted by Gasteiger charge is 2.57. The summed E-state index contributed by atoms with van der Waals surface area (Å²) in [5.41, 5.74) is -1.42. The van der Waals surface area contributed by atoms with Gasteiger partial charge >= 0.3 is 12.2 Å². The molecule has 0 atom stereocenters. The van der Waals surface area contributed by atoms with Gasteiger partial charge in [-0.15, -0.1) is 0 Å². The van der Waals surface area contributed by atoms with Crippen molar-refractivity contribution in [1.29, 1.82) is 0 Å². The number of Topliss-reactive ketones (excluding diaryl/α,β-unsaturated/α-hetero) is 2. The number of ketones is 2. The smallest absolute Gasteiger partial charge is 0.465 e. The molecule has 0 spiro atoms. The molecule has 0 heterocycles. The van der Waals surface area contributed by atoms with Crippen LogP contribution in [0.2, 0.25) is 0 Å². The van der Waals surface area contributed by atoms with Crippen molar-refractivity contribution < 1.29 is 33.8 Å². The summed E-state index contributed by atoms with van der Waals surface area (Å²) < 4.78 is 9.74. The summed E-state index contributed by atoms with van der Waals surface area (Å²) in [6.07, 6.45) is -2.63. The molecule has 3 rings (SSSR count). The molecule has 0 aromatic heterocycles. The van der Waals surface area contributed by atoms with Gasteiger partial charge in [-0.3, -0.25) is 14.9 Å². The first-order chi connectivity index (χ1) is 13.7. The molecule has 8 heteroatoms. The molecule has 0 radical (unpaired) electrons. The Labute approximate surface area is 166 Å². The molecule has 29 heavy (non-hydrogen) atoms. The SMILES string of the molecule is COC(=O)Oc1cc(C(C)C)ccc1C1(NC(=O)O)C(=O)c2ccccc2C1=O. The normalized spacial score (nSPS) is 14.5. The lowest BCUT2D eigenvalue weighted by Crippen LogP contribution is -2.53. The van der Waals surface area contributed by atoms with Crippen LogP contribution in [0.25, 0.3) is 0 Å². The van der Waals surface area contributed by atoms with Crippen LogP contribution >= 0.6 is 0 Å². The minimum atomic E-state index is -2.27. The lowest BCUT2D eigenvalue weighted by atomic mass is 9.83. The maximum absolute atomic E-state index is 13.3. The topological polar surface area (TPSA) is 119 Å². The highest BCUT2D eigenvalue weighted by atomic mass is 16.7. The third-order valence-corrected chi connectivity index (χ3v) is 4.83. The Kier molecular flexibility index (Phi) is 5.11. The predicted octanol–water partition coefficient (Wildman–Crippen LogP) is 3.50. The zero-order chi connectivity index (χ0) is 21.3. The first-order valence-corrected chi connectivity index (χ1v) is 8.82. The number of hydrogen-bond donors (Lipinski definition) is 2. The number of amides is 1. The standard InChI is InChI=1S/C21H19NO7/c1-11(2)12-8-9-15(16(10-12)29-20(27)28-3)21(22-19(25)26)17(23)13-6-4-5-7-14(13)18(21)24/h4-11,22H,1-3H3,(H,25,26). The Bertz CT molecular complexity index is 990. The molecular formula is C21H19NO7. The molecule has 2 aromatic rings. The second-order valence-electron chi connectivity index (χ2n) is 6.85. The number of methoxy groups -OCH3 is 1. The van der Waals surface area contributed by atoms with E-state index in [1.807, 2.05) is 13.8 Å². The number of carboxylic acid groups (broad SMARTS) is 1. The number of ether oxygens (including phenoxy) is 2. The average Bonchev–Trinajstić information content (AvgIpc) is 2.90.